The fraction of sp³-hybridized carbons (Fsp3) is 0.214. The zero-order valence-corrected chi connectivity index (χ0v) is 10.3. The van der Waals surface area contributed by atoms with Crippen molar-refractivity contribution in [1.82, 2.24) is 0 Å². The molecule has 0 aromatic heterocycles. The summed E-state index contributed by atoms with van der Waals surface area (Å²) in [6.45, 7) is 3.58. The number of halogens is 3. The first kappa shape index (κ1) is 15.2. The van der Waals surface area contributed by atoms with Gasteiger partial charge in [0.1, 0.15) is 0 Å². The molecule has 102 valence electrons. The van der Waals surface area contributed by atoms with E-state index in [0.29, 0.717) is 5.57 Å². The second kappa shape index (κ2) is 6.89. The molecule has 19 heavy (non-hydrogen) atoms. The molecule has 0 saturated heterocycles. The third-order valence-electron chi connectivity index (χ3n) is 2.50. The van der Waals surface area contributed by atoms with Gasteiger partial charge >= 0.3 is 6.18 Å². The average molecular weight is 268 g/mol. The van der Waals surface area contributed by atoms with Crippen LogP contribution >= 0.6 is 0 Å². The van der Waals surface area contributed by atoms with Gasteiger partial charge in [-0.3, -0.25) is 4.99 Å². The summed E-state index contributed by atoms with van der Waals surface area (Å²) < 4.78 is 38.5. The molecule has 0 fully saturated rings. The van der Waals surface area contributed by atoms with Crippen molar-refractivity contribution in [1.29, 1.82) is 0 Å². The van der Waals surface area contributed by atoms with Gasteiger partial charge in [-0.15, -0.1) is 0 Å². The van der Waals surface area contributed by atoms with Crippen LogP contribution in [-0.2, 0) is 12.6 Å². The van der Waals surface area contributed by atoms with Crippen LogP contribution in [0.3, 0.4) is 0 Å². The van der Waals surface area contributed by atoms with Gasteiger partial charge < -0.3 is 5.73 Å². The Morgan fingerprint density at radius 3 is 2.58 bits per heavy atom. The number of benzene rings is 1. The van der Waals surface area contributed by atoms with Crippen molar-refractivity contribution < 1.29 is 13.2 Å². The topological polar surface area (TPSA) is 38.4 Å². The quantitative estimate of drug-likeness (QED) is 0.817. The monoisotopic (exact) mass is 268 g/mol. The van der Waals surface area contributed by atoms with Gasteiger partial charge in [0, 0.05) is 19.0 Å². The lowest BCUT2D eigenvalue weighted by molar-refractivity contribution is -0.138. The second-order valence-corrected chi connectivity index (χ2v) is 3.84. The molecule has 1 aromatic rings. The molecule has 0 aliphatic heterocycles. The summed E-state index contributed by atoms with van der Waals surface area (Å²) in [6, 6.07) is 5.48. The Balaban J connectivity index is 3.01. The number of allylic oxidation sites excluding steroid dienone is 1. The van der Waals surface area contributed by atoms with Gasteiger partial charge in [0.2, 0.25) is 0 Å². The molecule has 0 heterocycles. The van der Waals surface area contributed by atoms with Gasteiger partial charge in [0.15, 0.2) is 0 Å². The predicted molar refractivity (Wildman–Crippen MR) is 71.0 cm³/mol. The van der Waals surface area contributed by atoms with Crippen LogP contribution in [0.1, 0.15) is 11.1 Å². The highest BCUT2D eigenvalue weighted by molar-refractivity contribution is 5.73. The Labute approximate surface area is 110 Å². The van der Waals surface area contributed by atoms with Gasteiger partial charge in [0.25, 0.3) is 0 Å². The van der Waals surface area contributed by atoms with Gasteiger partial charge in [-0.1, -0.05) is 30.4 Å². The predicted octanol–water partition coefficient (Wildman–Crippen LogP) is 3.35. The number of aliphatic imine (C=N–C) groups is 1. The number of hydrogen-bond acceptors (Lipinski definition) is 2. The van der Waals surface area contributed by atoms with Crippen LogP contribution in [0.4, 0.5) is 13.2 Å². The highest BCUT2D eigenvalue weighted by Crippen LogP contribution is 2.32. The molecular formula is C14H15F3N2. The molecule has 0 amide bonds. The van der Waals surface area contributed by atoms with Gasteiger partial charge in [-0.05, 0) is 24.1 Å². The summed E-state index contributed by atoms with van der Waals surface area (Å²) in [5.41, 5.74) is 5.77. The summed E-state index contributed by atoms with van der Waals surface area (Å²) in [5.74, 6) is 0. The Morgan fingerprint density at radius 1 is 1.32 bits per heavy atom. The van der Waals surface area contributed by atoms with E-state index in [9.17, 15) is 13.2 Å². The smallest absolute Gasteiger partial charge is 0.327 e. The van der Waals surface area contributed by atoms with Gasteiger partial charge in [-0.25, -0.2) is 0 Å². The molecule has 0 saturated carbocycles. The van der Waals surface area contributed by atoms with Crippen LogP contribution in [0.15, 0.2) is 53.7 Å². The largest absolute Gasteiger partial charge is 0.416 e. The van der Waals surface area contributed by atoms with Crippen molar-refractivity contribution in [3.63, 3.8) is 0 Å². The Kier molecular flexibility index (Phi) is 5.51. The number of alkyl halides is 3. The van der Waals surface area contributed by atoms with Crippen LogP contribution in [0.5, 0.6) is 0 Å². The van der Waals surface area contributed by atoms with E-state index in [-0.39, 0.29) is 18.5 Å². The van der Waals surface area contributed by atoms with E-state index in [1.807, 2.05) is 0 Å². The lowest BCUT2D eigenvalue weighted by Gasteiger charge is -2.13. The zero-order valence-electron chi connectivity index (χ0n) is 10.3. The summed E-state index contributed by atoms with van der Waals surface area (Å²) in [7, 11) is 0. The molecule has 2 nitrogen and oxygen atoms in total. The number of hydrogen-bond donors (Lipinski definition) is 1. The molecule has 0 aliphatic rings. The third-order valence-corrected chi connectivity index (χ3v) is 2.50. The standard InChI is InChI=1S/C14H15F3N2/c1-2-19-8-7-11(10-18)9-12-5-3-4-6-13(12)14(15,16)17/h2-8H,1,9-10,18H2/b11-7+,19-8?. The average Bonchev–Trinajstić information content (AvgIpc) is 2.37. The van der Waals surface area contributed by atoms with E-state index >= 15 is 0 Å². The Bertz CT molecular complexity index is 488. The maximum absolute atomic E-state index is 12.8. The van der Waals surface area contributed by atoms with Crippen molar-refractivity contribution in [2.45, 2.75) is 12.6 Å². The molecule has 0 atom stereocenters. The van der Waals surface area contributed by atoms with E-state index in [2.05, 4.69) is 11.6 Å². The fourth-order valence-electron chi connectivity index (χ4n) is 1.60. The lowest BCUT2D eigenvalue weighted by atomic mass is 9.99. The molecule has 1 aromatic carbocycles. The Hall–Kier alpha value is -1.88. The first-order valence-electron chi connectivity index (χ1n) is 5.66. The van der Waals surface area contributed by atoms with Crippen LogP contribution in [0.2, 0.25) is 0 Å². The van der Waals surface area contributed by atoms with E-state index in [1.54, 1.807) is 12.1 Å². The van der Waals surface area contributed by atoms with Crippen LogP contribution in [0, 0.1) is 0 Å². The third kappa shape index (κ3) is 4.71. The van der Waals surface area contributed by atoms with Crippen molar-refractivity contribution in [2.24, 2.45) is 10.7 Å². The van der Waals surface area contributed by atoms with Crippen molar-refractivity contribution >= 4 is 6.21 Å². The lowest BCUT2D eigenvalue weighted by Crippen LogP contribution is -2.12. The van der Waals surface area contributed by atoms with E-state index in [4.69, 9.17) is 5.73 Å². The van der Waals surface area contributed by atoms with E-state index in [1.165, 1.54) is 24.5 Å². The minimum absolute atomic E-state index is 0.148. The molecule has 1 rings (SSSR count). The number of rotatable bonds is 5. The van der Waals surface area contributed by atoms with Crippen molar-refractivity contribution in [3.8, 4) is 0 Å². The second-order valence-electron chi connectivity index (χ2n) is 3.84. The van der Waals surface area contributed by atoms with Crippen LogP contribution in [-0.4, -0.2) is 12.8 Å². The molecular weight excluding hydrogens is 253 g/mol. The maximum atomic E-state index is 12.8. The van der Waals surface area contributed by atoms with Gasteiger partial charge in [-0.2, -0.15) is 13.2 Å². The van der Waals surface area contributed by atoms with E-state index < -0.39 is 11.7 Å². The molecule has 5 heteroatoms. The molecule has 0 unspecified atom stereocenters. The molecule has 0 bridgehead atoms. The number of nitrogens with zero attached hydrogens (tertiary/aromatic N) is 1. The minimum atomic E-state index is -4.36. The maximum Gasteiger partial charge on any atom is 0.416 e. The fourth-order valence-corrected chi connectivity index (χ4v) is 1.60. The molecule has 0 radical (unpaired) electrons. The van der Waals surface area contributed by atoms with E-state index in [0.717, 1.165) is 6.07 Å². The summed E-state index contributed by atoms with van der Waals surface area (Å²) in [4.78, 5) is 3.76. The van der Waals surface area contributed by atoms with Crippen LogP contribution in [0.25, 0.3) is 0 Å². The van der Waals surface area contributed by atoms with Gasteiger partial charge in [0.05, 0.1) is 5.56 Å². The Morgan fingerprint density at radius 2 is 2.00 bits per heavy atom. The normalized spacial score (nSPS) is 12.9. The SMILES string of the molecule is C=CN=C/C=C(/CN)Cc1ccccc1C(F)(F)F. The first-order chi connectivity index (χ1) is 8.99. The highest BCUT2D eigenvalue weighted by Gasteiger charge is 2.32. The number of nitrogens with two attached hydrogens (primary N) is 1. The zero-order chi connectivity index (χ0) is 14.3. The summed E-state index contributed by atoms with van der Waals surface area (Å²) in [5, 5.41) is 0. The summed E-state index contributed by atoms with van der Waals surface area (Å²) >= 11 is 0. The minimum Gasteiger partial charge on any atom is -0.327 e. The summed E-state index contributed by atoms with van der Waals surface area (Å²) in [6.07, 6.45) is 0.204. The van der Waals surface area contributed by atoms with Crippen molar-refractivity contribution in [3.05, 3.63) is 59.8 Å². The molecule has 0 spiro atoms. The first-order valence-corrected chi connectivity index (χ1v) is 5.66. The molecule has 0 aliphatic carbocycles. The van der Waals surface area contributed by atoms with Crippen LogP contribution < -0.4 is 5.73 Å². The molecule has 2 N–H and O–H groups in total. The van der Waals surface area contributed by atoms with Crippen molar-refractivity contribution in [2.75, 3.05) is 6.54 Å². The highest BCUT2D eigenvalue weighted by atomic mass is 19.4.